The molecule has 0 aliphatic carbocycles. The minimum atomic E-state index is -3.83. The van der Waals surface area contributed by atoms with Crippen molar-refractivity contribution in [2.45, 2.75) is 31.0 Å². The summed E-state index contributed by atoms with van der Waals surface area (Å²) in [5.41, 5.74) is 0.909. The summed E-state index contributed by atoms with van der Waals surface area (Å²) in [5, 5.41) is 21.5. The zero-order valence-electron chi connectivity index (χ0n) is 11.8. The van der Waals surface area contributed by atoms with Gasteiger partial charge in [-0.3, -0.25) is 4.79 Å². The molecule has 0 spiro atoms. The molecule has 1 aliphatic rings. The lowest BCUT2D eigenvalue weighted by Gasteiger charge is -2.18. The van der Waals surface area contributed by atoms with Crippen molar-refractivity contribution in [3.8, 4) is 0 Å². The highest BCUT2D eigenvalue weighted by Gasteiger charge is 2.38. The minimum Gasteiger partial charge on any atom is -0.389 e. The Kier molecular flexibility index (Phi) is 4.33. The first kappa shape index (κ1) is 15.9. The number of sulfonamides is 1. The lowest BCUT2D eigenvalue weighted by atomic mass is 10.2. The van der Waals surface area contributed by atoms with Gasteiger partial charge in [-0.1, -0.05) is 6.07 Å². The molecule has 2 rings (SSSR count). The van der Waals surface area contributed by atoms with E-state index >= 15 is 0 Å². The summed E-state index contributed by atoms with van der Waals surface area (Å²) in [5.74, 6) is -0.297. The van der Waals surface area contributed by atoms with Gasteiger partial charge >= 0.3 is 0 Å². The van der Waals surface area contributed by atoms with Crippen molar-refractivity contribution in [3.05, 3.63) is 23.8 Å². The number of carbonyl (C=O) groups excluding carboxylic acids is 1. The van der Waals surface area contributed by atoms with Crippen LogP contribution in [0, 0.1) is 6.92 Å². The van der Waals surface area contributed by atoms with Gasteiger partial charge in [0.1, 0.15) is 0 Å². The van der Waals surface area contributed by atoms with E-state index in [9.17, 15) is 23.4 Å². The van der Waals surface area contributed by atoms with Gasteiger partial charge in [0, 0.05) is 25.7 Å². The summed E-state index contributed by atoms with van der Waals surface area (Å²) in [7, 11) is -3.83. The van der Waals surface area contributed by atoms with E-state index in [1.54, 1.807) is 19.1 Å². The van der Waals surface area contributed by atoms with E-state index in [-0.39, 0.29) is 23.9 Å². The van der Waals surface area contributed by atoms with E-state index in [0.29, 0.717) is 11.3 Å². The fourth-order valence-electron chi connectivity index (χ4n) is 2.23. The van der Waals surface area contributed by atoms with Crippen molar-refractivity contribution in [1.29, 1.82) is 0 Å². The number of aliphatic hydroxyl groups excluding tert-OH is 2. The number of benzene rings is 1. The molecule has 1 heterocycles. The first-order valence-corrected chi connectivity index (χ1v) is 7.90. The van der Waals surface area contributed by atoms with Crippen molar-refractivity contribution in [2.75, 3.05) is 18.4 Å². The van der Waals surface area contributed by atoms with Gasteiger partial charge in [-0.15, -0.1) is 0 Å². The van der Waals surface area contributed by atoms with Crippen LogP contribution in [0.15, 0.2) is 23.1 Å². The van der Waals surface area contributed by atoms with Crippen LogP contribution in [-0.2, 0) is 14.8 Å². The highest BCUT2D eigenvalue weighted by molar-refractivity contribution is 7.89. The maximum atomic E-state index is 12.6. The number of hydrogen-bond acceptors (Lipinski definition) is 5. The average molecular weight is 314 g/mol. The predicted octanol–water partition coefficient (Wildman–Crippen LogP) is -0.320. The number of nitrogens with one attached hydrogen (secondary N) is 1. The molecule has 0 radical (unpaired) electrons. The van der Waals surface area contributed by atoms with Gasteiger partial charge in [-0.05, 0) is 24.6 Å². The lowest BCUT2D eigenvalue weighted by Crippen LogP contribution is -2.30. The Balaban J connectivity index is 2.38. The maximum absolute atomic E-state index is 12.6. The molecule has 7 nitrogen and oxygen atoms in total. The van der Waals surface area contributed by atoms with Gasteiger partial charge in [0.25, 0.3) is 0 Å². The van der Waals surface area contributed by atoms with E-state index in [1.165, 1.54) is 13.0 Å². The normalized spacial score (nSPS) is 23.2. The van der Waals surface area contributed by atoms with Crippen LogP contribution in [0.2, 0.25) is 0 Å². The van der Waals surface area contributed by atoms with Gasteiger partial charge in [-0.2, -0.15) is 4.31 Å². The molecular weight excluding hydrogens is 296 g/mol. The first-order chi connectivity index (χ1) is 9.71. The lowest BCUT2D eigenvalue weighted by molar-refractivity contribution is -0.114. The third kappa shape index (κ3) is 3.24. The van der Waals surface area contributed by atoms with E-state index in [1.807, 2.05) is 0 Å². The molecular formula is C13H18N2O5S. The van der Waals surface area contributed by atoms with E-state index in [0.717, 1.165) is 4.31 Å². The number of nitrogens with zero attached hydrogens (tertiary/aromatic N) is 1. The van der Waals surface area contributed by atoms with Gasteiger partial charge in [-0.25, -0.2) is 8.42 Å². The second kappa shape index (κ2) is 5.72. The molecule has 1 saturated heterocycles. The van der Waals surface area contributed by atoms with Crippen LogP contribution >= 0.6 is 0 Å². The van der Waals surface area contributed by atoms with Crippen LogP contribution in [0.5, 0.6) is 0 Å². The molecule has 116 valence electrons. The Labute approximate surface area is 123 Å². The largest absolute Gasteiger partial charge is 0.389 e. The van der Waals surface area contributed by atoms with Crippen molar-refractivity contribution in [2.24, 2.45) is 0 Å². The number of β-amino-alcohol motifs (C(OH)–C–C–N with tert-alkyl or cyclic N) is 2. The quantitative estimate of drug-likeness (QED) is 0.709. The molecule has 1 aliphatic heterocycles. The number of amides is 1. The van der Waals surface area contributed by atoms with Crippen LogP contribution in [0.3, 0.4) is 0 Å². The molecule has 2 atom stereocenters. The molecule has 3 N–H and O–H groups in total. The third-order valence-electron chi connectivity index (χ3n) is 3.35. The Hall–Kier alpha value is -1.48. The van der Waals surface area contributed by atoms with Crippen molar-refractivity contribution in [3.63, 3.8) is 0 Å². The van der Waals surface area contributed by atoms with Crippen molar-refractivity contribution in [1.82, 2.24) is 4.31 Å². The number of carbonyl (C=O) groups is 1. The number of anilines is 1. The maximum Gasteiger partial charge on any atom is 0.243 e. The molecule has 8 heteroatoms. The van der Waals surface area contributed by atoms with Gasteiger partial charge in [0.05, 0.1) is 17.1 Å². The minimum absolute atomic E-state index is 0.0510. The molecule has 1 aromatic carbocycles. The SMILES string of the molecule is CC(=O)Nc1ccc(C)c(S(=O)(=O)N2CC(O)C(O)C2)c1. The van der Waals surface area contributed by atoms with Gasteiger partial charge < -0.3 is 15.5 Å². The van der Waals surface area contributed by atoms with E-state index < -0.39 is 22.2 Å². The summed E-state index contributed by atoms with van der Waals surface area (Å²) < 4.78 is 26.2. The van der Waals surface area contributed by atoms with Crippen LogP contribution in [-0.4, -0.2) is 54.1 Å². The number of aliphatic hydroxyl groups is 2. The fraction of sp³-hybridized carbons (Fsp3) is 0.462. The second-order valence-electron chi connectivity index (χ2n) is 5.12. The van der Waals surface area contributed by atoms with Crippen LogP contribution in [0.25, 0.3) is 0 Å². The zero-order valence-corrected chi connectivity index (χ0v) is 12.6. The third-order valence-corrected chi connectivity index (χ3v) is 5.33. The van der Waals surface area contributed by atoms with E-state index in [2.05, 4.69) is 5.32 Å². The Bertz CT molecular complexity index is 649. The monoisotopic (exact) mass is 314 g/mol. The topological polar surface area (TPSA) is 107 Å². The molecule has 1 amide bonds. The number of rotatable bonds is 3. The highest BCUT2D eigenvalue weighted by atomic mass is 32.2. The molecule has 1 fully saturated rings. The Morgan fingerprint density at radius 3 is 2.38 bits per heavy atom. The molecule has 1 aromatic rings. The summed E-state index contributed by atoms with van der Waals surface area (Å²) in [4.78, 5) is 11.1. The van der Waals surface area contributed by atoms with Crippen LogP contribution in [0.1, 0.15) is 12.5 Å². The fourth-order valence-corrected chi connectivity index (χ4v) is 3.96. The summed E-state index contributed by atoms with van der Waals surface area (Å²) in [6.45, 7) is 2.69. The number of aryl methyl sites for hydroxylation is 1. The standard InChI is InChI=1S/C13H18N2O5S/c1-8-3-4-10(14-9(2)16)5-13(8)21(19,20)15-6-11(17)12(18)7-15/h3-5,11-12,17-18H,6-7H2,1-2H3,(H,14,16). The van der Waals surface area contributed by atoms with Crippen molar-refractivity contribution >= 4 is 21.6 Å². The second-order valence-corrected chi connectivity index (χ2v) is 7.02. The van der Waals surface area contributed by atoms with E-state index in [4.69, 9.17) is 0 Å². The van der Waals surface area contributed by atoms with Crippen LogP contribution < -0.4 is 5.32 Å². The average Bonchev–Trinajstić information content (AvgIpc) is 2.72. The summed E-state index contributed by atoms with van der Waals surface area (Å²) >= 11 is 0. The molecule has 2 unspecified atom stereocenters. The molecule has 0 bridgehead atoms. The molecule has 0 aromatic heterocycles. The Morgan fingerprint density at radius 1 is 1.29 bits per heavy atom. The molecule has 0 saturated carbocycles. The van der Waals surface area contributed by atoms with Crippen molar-refractivity contribution < 1.29 is 23.4 Å². The smallest absolute Gasteiger partial charge is 0.243 e. The van der Waals surface area contributed by atoms with Gasteiger partial charge in [0.15, 0.2) is 0 Å². The molecule has 21 heavy (non-hydrogen) atoms. The highest BCUT2D eigenvalue weighted by Crippen LogP contribution is 2.26. The number of hydrogen-bond donors (Lipinski definition) is 3. The predicted molar refractivity (Wildman–Crippen MR) is 76.3 cm³/mol. The Morgan fingerprint density at radius 2 is 1.86 bits per heavy atom. The first-order valence-electron chi connectivity index (χ1n) is 6.46. The zero-order chi connectivity index (χ0) is 15.8. The summed E-state index contributed by atoms with van der Waals surface area (Å²) in [6.07, 6.45) is -2.17. The van der Waals surface area contributed by atoms with Gasteiger partial charge in [0.2, 0.25) is 15.9 Å². The van der Waals surface area contributed by atoms with Crippen LogP contribution in [0.4, 0.5) is 5.69 Å². The summed E-state index contributed by atoms with van der Waals surface area (Å²) in [6, 6.07) is 4.59.